The van der Waals surface area contributed by atoms with Crippen LogP contribution < -0.4 is 14.8 Å². The summed E-state index contributed by atoms with van der Waals surface area (Å²) in [5, 5.41) is 4.04. The SMILES string of the molecule is COc1ccc(CN(Cc2ccccc2C)C(=S)Nc2cc(C)ccc2OC)cc1. The molecule has 1 N–H and O–H groups in total. The van der Waals surface area contributed by atoms with Gasteiger partial charge in [-0.2, -0.15) is 0 Å². The molecule has 0 aliphatic heterocycles. The summed E-state index contributed by atoms with van der Waals surface area (Å²) in [4.78, 5) is 2.17. The topological polar surface area (TPSA) is 33.7 Å². The van der Waals surface area contributed by atoms with E-state index >= 15 is 0 Å². The van der Waals surface area contributed by atoms with Crippen molar-refractivity contribution in [1.29, 1.82) is 0 Å². The van der Waals surface area contributed by atoms with Crippen molar-refractivity contribution in [2.45, 2.75) is 26.9 Å². The molecule has 0 bridgehead atoms. The summed E-state index contributed by atoms with van der Waals surface area (Å²) in [6.07, 6.45) is 0. The number of benzene rings is 3. The van der Waals surface area contributed by atoms with E-state index in [0.717, 1.165) is 28.3 Å². The Hall–Kier alpha value is -3.05. The van der Waals surface area contributed by atoms with Crippen molar-refractivity contribution in [3.63, 3.8) is 0 Å². The minimum absolute atomic E-state index is 0.651. The number of nitrogens with one attached hydrogen (secondary N) is 1. The third kappa shape index (κ3) is 5.51. The lowest BCUT2D eigenvalue weighted by Gasteiger charge is -2.27. The van der Waals surface area contributed by atoms with Crippen LogP contribution in [0.25, 0.3) is 0 Å². The maximum atomic E-state index is 5.83. The molecular formula is C25H28N2O2S. The number of ether oxygens (including phenoxy) is 2. The highest BCUT2D eigenvalue weighted by atomic mass is 32.1. The molecule has 0 unspecified atom stereocenters. The van der Waals surface area contributed by atoms with E-state index in [4.69, 9.17) is 21.7 Å². The Morgan fingerprint density at radius 3 is 2.30 bits per heavy atom. The fourth-order valence-electron chi connectivity index (χ4n) is 3.26. The molecule has 30 heavy (non-hydrogen) atoms. The standard InChI is InChI=1S/C25H28N2O2S/c1-18-9-14-24(29-4)23(15-18)26-25(30)27(17-21-8-6-5-7-19(21)2)16-20-10-12-22(28-3)13-11-20/h5-15H,16-17H2,1-4H3,(H,26,30). The summed E-state index contributed by atoms with van der Waals surface area (Å²) in [5.41, 5.74) is 5.65. The average molecular weight is 421 g/mol. The molecule has 3 rings (SSSR count). The quantitative estimate of drug-likeness (QED) is 0.495. The summed E-state index contributed by atoms with van der Waals surface area (Å²) in [7, 11) is 3.34. The molecule has 0 saturated heterocycles. The smallest absolute Gasteiger partial charge is 0.174 e. The van der Waals surface area contributed by atoms with Gasteiger partial charge in [0.05, 0.1) is 19.9 Å². The second kappa shape index (κ2) is 10.1. The van der Waals surface area contributed by atoms with E-state index in [1.807, 2.05) is 30.3 Å². The fraction of sp³-hybridized carbons (Fsp3) is 0.240. The van der Waals surface area contributed by atoms with Gasteiger partial charge in [0.1, 0.15) is 11.5 Å². The van der Waals surface area contributed by atoms with E-state index in [2.05, 4.69) is 60.5 Å². The molecule has 0 fully saturated rings. The number of nitrogens with zero attached hydrogens (tertiary/aromatic N) is 1. The molecule has 3 aromatic carbocycles. The van der Waals surface area contributed by atoms with Crippen LogP contribution in [0, 0.1) is 13.8 Å². The molecule has 0 saturated carbocycles. The summed E-state index contributed by atoms with van der Waals surface area (Å²) < 4.78 is 10.8. The molecule has 5 heteroatoms. The van der Waals surface area contributed by atoms with Crippen LogP contribution >= 0.6 is 12.2 Å². The third-order valence-electron chi connectivity index (χ3n) is 5.04. The number of anilines is 1. The van der Waals surface area contributed by atoms with Crippen LogP contribution in [0.15, 0.2) is 66.7 Å². The predicted octanol–water partition coefficient (Wildman–Crippen LogP) is 5.72. The lowest BCUT2D eigenvalue weighted by molar-refractivity contribution is 0.405. The van der Waals surface area contributed by atoms with Gasteiger partial charge in [-0.1, -0.05) is 42.5 Å². The van der Waals surface area contributed by atoms with Crippen molar-refractivity contribution in [3.05, 3.63) is 89.0 Å². The van der Waals surface area contributed by atoms with Gasteiger partial charge in [-0.25, -0.2) is 0 Å². The molecule has 0 aliphatic carbocycles. The summed E-state index contributed by atoms with van der Waals surface area (Å²) in [6.45, 7) is 5.56. The van der Waals surface area contributed by atoms with Crippen molar-refractivity contribution in [3.8, 4) is 11.5 Å². The van der Waals surface area contributed by atoms with Crippen LogP contribution in [-0.4, -0.2) is 24.2 Å². The third-order valence-corrected chi connectivity index (χ3v) is 5.40. The van der Waals surface area contributed by atoms with Gasteiger partial charge in [0, 0.05) is 13.1 Å². The number of aryl methyl sites for hydroxylation is 2. The van der Waals surface area contributed by atoms with E-state index in [1.54, 1.807) is 14.2 Å². The average Bonchev–Trinajstić information content (AvgIpc) is 2.75. The molecule has 156 valence electrons. The van der Waals surface area contributed by atoms with E-state index in [0.29, 0.717) is 18.2 Å². The van der Waals surface area contributed by atoms with E-state index in [9.17, 15) is 0 Å². The van der Waals surface area contributed by atoms with Crippen LogP contribution in [0.4, 0.5) is 5.69 Å². The monoisotopic (exact) mass is 420 g/mol. The minimum atomic E-state index is 0.651. The molecule has 4 nitrogen and oxygen atoms in total. The van der Waals surface area contributed by atoms with Gasteiger partial charge in [-0.05, 0) is 72.6 Å². The molecule has 0 spiro atoms. The van der Waals surface area contributed by atoms with Crippen molar-refractivity contribution in [1.82, 2.24) is 4.90 Å². The van der Waals surface area contributed by atoms with Crippen LogP contribution in [0.3, 0.4) is 0 Å². The molecule has 0 aliphatic rings. The van der Waals surface area contributed by atoms with E-state index in [-0.39, 0.29) is 0 Å². The Balaban J connectivity index is 1.86. The molecule has 0 atom stereocenters. The van der Waals surface area contributed by atoms with Gasteiger partial charge < -0.3 is 19.7 Å². The van der Waals surface area contributed by atoms with Gasteiger partial charge in [0.25, 0.3) is 0 Å². The molecule has 3 aromatic rings. The number of hydrogen-bond donors (Lipinski definition) is 1. The normalized spacial score (nSPS) is 10.4. The Bertz CT molecular complexity index is 1000. The summed E-state index contributed by atoms with van der Waals surface area (Å²) >= 11 is 5.83. The van der Waals surface area contributed by atoms with Crippen LogP contribution in [0.5, 0.6) is 11.5 Å². The zero-order valence-corrected chi connectivity index (χ0v) is 18.8. The first kappa shape index (κ1) is 21.7. The molecule has 0 heterocycles. The number of methoxy groups -OCH3 is 2. The first-order valence-electron chi connectivity index (χ1n) is 9.88. The second-order valence-electron chi connectivity index (χ2n) is 7.26. The minimum Gasteiger partial charge on any atom is -0.497 e. The van der Waals surface area contributed by atoms with Crippen LogP contribution in [-0.2, 0) is 13.1 Å². The van der Waals surface area contributed by atoms with Crippen molar-refractivity contribution in [2.24, 2.45) is 0 Å². The first-order valence-corrected chi connectivity index (χ1v) is 10.3. The largest absolute Gasteiger partial charge is 0.497 e. The van der Waals surface area contributed by atoms with Gasteiger partial charge >= 0.3 is 0 Å². The highest BCUT2D eigenvalue weighted by Gasteiger charge is 2.15. The number of thiocarbonyl (C=S) groups is 1. The number of rotatable bonds is 7. The molecule has 0 aromatic heterocycles. The molecule has 0 radical (unpaired) electrons. The maximum absolute atomic E-state index is 5.83. The highest BCUT2D eigenvalue weighted by molar-refractivity contribution is 7.80. The first-order chi connectivity index (χ1) is 14.5. The van der Waals surface area contributed by atoms with Crippen LogP contribution in [0.2, 0.25) is 0 Å². The summed E-state index contributed by atoms with van der Waals surface area (Å²) in [6, 6.07) is 22.5. The predicted molar refractivity (Wildman–Crippen MR) is 127 cm³/mol. The van der Waals surface area contributed by atoms with Gasteiger partial charge in [0.2, 0.25) is 0 Å². The Morgan fingerprint density at radius 2 is 1.63 bits per heavy atom. The Labute approximate surface area is 184 Å². The summed E-state index contributed by atoms with van der Waals surface area (Å²) in [5.74, 6) is 1.61. The van der Waals surface area contributed by atoms with Crippen molar-refractivity contribution >= 4 is 23.0 Å². The maximum Gasteiger partial charge on any atom is 0.174 e. The molecule has 0 amide bonds. The van der Waals surface area contributed by atoms with Gasteiger partial charge in [0.15, 0.2) is 5.11 Å². The zero-order chi connectivity index (χ0) is 21.5. The van der Waals surface area contributed by atoms with Gasteiger partial charge in [-0.15, -0.1) is 0 Å². The Morgan fingerprint density at radius 1 is 0.900 bits per heavy atom. The second-order valence-corrected chi connectivity index (χ2v) is 7.65. The highest BCUT2D eigenvalue weighted by Crippen LogP contribution is 2.26. The van der Waals surface area contributed by atoms with Crippen molar-refractivity contribution in [2.75, 3.05) is 19.5 Å². The number of hydrogen-bond acceptors (Lipinski definition) is 3. The van der Waals surface area contributed by atoms with Gasteiger partial charge in [-0.3, -0.25) is 0 Å². The fourth-order valence-corrected chi connectivity index (χ4v) is 3.50. The lowest BCUT2D eigenvalue weighted by atomic mass is 10.1. The van der Waals surface area contributed by atoms with E-state index < -0.39 is 0 Å². The van der Waals surface area contributed by atoms with Crippen molar-refractivity contribution < 1.29 is 9.47 Å². The lowest BCUT2D eigenvalue weighted by Crippen LogP contribution is -2.34. The zero-order valence-electron chi connectivity index (χ0n) is 17.9. The van der Waals surface area contributed by atoms with Crippen LogP contribution in [0.1, 0.15) is 22.3 Å². The van der Waals surface area contributed by atoms with E-state index in [1.165, 1.54) is 11.1 Å². The Kier molecular flexibility index (Phi) is 7.31. The molecular weight excluding hydrogens is 392 g/mol.